The van der Waals surface area contributed by atoms with Gasteiger partial charge in [-0.3, -0.25) is 4.79 Å². The summed E-state index contributed by atoms with van der Waals surface area (Å²) in [6, 6.07) is 0. The van der Waals surface area contributed by atoms with Crippen LogP contribution in [0.15, 0.2) is 0 Å². The first-order chi connectivity index (χ1) is 9.86. The van der Waals surface area contributed by atoms with Crippen LogP contribution in [0.5, 0.6) is 0 Å². The Balaban J connectivity index is 1.57. The summed E-state index contributed by atoms with van der Waals surface area (Å²) in [4.78, 5) is 12.3. The molecule has 0 amide bonds. The number of carbonyl (C=O) groups excluding carboxylic acids is 1. The Morgan fingerprint density at radius 2 is 1.95 bits per heavy atom. The highest BCUT2D eigenvalue weighted by atomic mass is 16.6. The maximum atomic E-state index is 12.3. The molecular formula is C17H30O4. The molecule has 0 bridgehead atoms. The number of rotatable bonds is 8. The molecule has 4 nitrogen and oxygen atoms in total. The average Bonchev–Trinajstić information content (AvgIpc) is 3.07. The molecule has 0 aromatic carbocycles. The van der Waals surface area contributed by atoms with E-state index in [4.69, 9.17) is 14.2 Å². The van der Waals surface area contributed by atoms with E-state index in [-0.39, 0.29) is 23.1 Å². The summed E-state index contributed by atoms with van der Waals surface area (Å²) in [6.07, 6.45) is 4.72. The topological polar surface area (TPSA) is 48.1 Å². The summed E-state index contributed by atoms with van der Waals surface area (Å²) in [6.45, 7) is 10.5. The van der Waals surface area contributed by atoms with E-state index >= 15 is 0 Å². The SMILES string of the molecule is CC(C)COCCCCOC(=O)C1(C)CCC2(C)OC2C1. The Bertz CT molecular complexity index is 368. The molecule has 122 valence electrons. The van der Waals surface area contributed by atoms with Crippen LogP contribution in [-0.4, -0.2) is 37.5 Å². The molecule has 0 spiro atoms. The van der Waals surface area contributed by atoms with Crippen molar-refractivity contribution in [2.45, 2.75) is 71.5 Å². The lowest BCUT2D eigenvalue weighted by atomic mass is 9.72. The molecule has 1 saturated carbocycles. The smallest absolute Gasteiger partial charge is 0.311 e. The van der Waals surface area contributed by atoms with Crippen LogP contribution in [0.25, 0.3) is 0 Å². The van der Waals surface area contributed by atoms with Crippen molar-refractivity contribution in [3.8, 4) is 0 Å². The minimum Gasteiger partial charge on any atom is -0.465 e. The third kappa shape index (κ3) is 4.43. The number of unbranched alkanes of at least 4 members (excludes halogenated alkanes) is 1. The van der Waals surface area contributed by atoms with Gasteiger partial charge in [-0.15, -0.1) is 0 Å². The average molecular weight is 298 g/mol. The fourth-order valence-corrected chi connectivity index (χ4v) is 2.95. The number of hydrogen-bond donors (Lipinski definition) is 0. The van der Waals surface area contributed by atoms with Crippen molar-refractivity contribution in [3.63, 3.8) is 0 Å². The van der Waals surface area contributed by atoms with Crippen LogP contribution in [0.3, 0.4) is 0 Å². The quantitative estimate of drug-likeness (QED) is 0.392. The lowest BCUT2D eigenvalue weighted by Crippen LogP contribution is -2.37. The van der Waals surface area contributed by atoms with Gasteiger partial charge in [0, 0.05) is 13.2 Å². The Kier molecular flexibility index (Phi) is 5.31. The van der Waals surface area contributed by atoms with Gasteiger partial charge in [-0.1, -0.05) is 13.8 Å². The van der Waals surface area contributed by atoms with Crippen molar-refractivity contribution < 1.29 is 19.0 Å². The maximum absolute atomic E-state index is 12.3. The lowest BCUT2D eigenvalue weighted by molar-refractivity contribution is -0.157. The van der Waals surface area contributed by atoms with Crippen molar-refractivity contribution >= 4 is 5.97 Å². The van der Waals surface area contributed by atoms with E-state index in [0.717, 1.165) is 45.3 Å². The van der Waals surface area contributed by atoms with Crippen LogP contribution in [0.4, 0.5) is 0 Å². The van der Waals surface area contributed by atoms with Gasteiger partial charge in [0.05, 0.1) is 23.7 Å². The zero-order chi connectivity index (χ0) is 15.5. The van der Waals surface area contributed by atoms with Crippen LogP contribution in [0.2, 0.25) is 0 Å². The number of ether oxygens (including phenoxy) is 3. The van der Waals surface area contributed by atoms with E-state index in [1.807, 2.05) is 6.92 Å². The molecule has 1 aliphatic carbocycles. The molecule has 21 heavy (non-hydrogen) atoms. The molecular weight excluding hydrogens is 268 g/mol. The molecule has 0 radical (unpaired) electrons. The molecule has 0 aromatic heterocycles. The van der Waals surface area contributed by atoms with Gasteiger partial charge in [-0.2, -0.15) is 0 Å². The minimum atomic E-state index is -0.352. The van der Waals surface area contributed by atoms with Crippen LogP contribution < -0.4 is 0 Å². The minimum absolute atomic E-state index is 0.0492. The zero-order valence-electron chi connectivity index (χ0n) is 13.9. The first kappa shape index (κ1) is 16.8. The zero-order valence-corrected chi connectivity index (χ0v) is 13.9. The van der Waals surface area contributed by atoms with Crippen molar-refractivity contribution in [1.29, 1.82) is 0 Å². The fraction of sp³-hybridized carbons (Fsp3) is 0.941. The van der Waals surface area contributed by atoms with E-state index in [0.29, 0.717) is 12.5 Å². The molecule has 0 N–H and O–H groups in total. The molecule has 2 fully saturated rings. The maximum Gasteiger partial charge on any atom is 0.311 e. The number of fused-ring (bicyclic) bond motifs is 1. The van der Waals surface area contributed by atoms with Gasteiger partial charge in [0.2, 0.25) is 0 Å². The third-order valence-corrected chi connectivity index (χ3v) is 4.70. The Morgan fingerprint density at radius 3 is 2.62 bits per heavy atom. The number of carbonyl (C=O) groups is 1. The van der Waals surface area contributed by atoms with Crippen molar-refractivity contribution in [2.24, 2.45) is 11.3 Å². The molecule has 1 aliphatic heterocycles. The fourth-order valence-electron chi connectivity index (χ4n) is 2.95. The number of esters is 1. The summed E-state index contributed by atoms with van der Waals surface area (Å²) in [5.74, 6) is 0.521. The van der Waals surface area contributed by atoms with Crippen molar-refractivity contribution in [3.05, 3.63) is 0 Å². The van der Waals surface area contributed by atoms with E-state index < -0.39 is 0 Å². The second-order valence-corrected chi connectivity index (χ2v) is 7.50. The molecule has 2 rings (SSSR count). The molecule has 0 aromatic rings. The molecule has 3 unspecified atom stereocenters. The normalized spacial score (nSPS) is 34.6. The summed E-state index contributed by atoms with van der Waals surface area (Å²) in [7, 11) is 0. The highest BCUT2D eigenvalue weighted by molar-refractivity contribution is 5.76. The lowest BCUT2D eigenvalue weighted by Gasteiger charge is -2.31. The van der Waals surface area contributed by atoms with E-state index in [2.05, 4.69) is 20.8 Å². The molecule has 3 atom stereocenters. The second-order valence-electron chi connectivity index (χ2n) is 7.50. The summed E-state index contributed by atoms with van der Waals surface area (Å²) in [5.41, 5.74) is -0.303. The van der Waals surface area contributed by atoms with Gasteiger partial charge in [0.15, 0.2) is 0 Å². The number of hydrogen-bond acceptors (Lipinski definition) is 4. The summed E-state index contributed by atoms with van der Waals surface area (Å²) >= 11 is 0. The summed E-state index contributed by atoms with van der Waals surface area (Å²) < 4.78 is 16.6. The predicted octanol–water partition coefficient (Wildman–Crippen LogP) is 3.33. The molecule has 4 heteroatoms. The monoisotopic (exact) mass is 298 g/mol. The van der Waals surface area contributed by atoms with E-state index in [1.165, 1.54) is 0 Å². The summed E-state index contributed by atoms with van der Waals surface area (Å²) in [5, 5.41) is 0. The highest BCUT2D eigenvalue weighted by Crippen LogP contribution is 2.53. The van der Waals surface area contributed by atoms with Gasteiger partial charge in [-0.25, -0.2) is 0 Å². The van der Waals surface area contributed by atoms with Crippen LogP contribution in [-0.2, 0) is 19.0 Å². The van der Waals surface area contributed by atoms with Gasteiger partial charge in [0.1, 0.15) is 0 Å². The first-order valence-electron chi connectivity index (χ1n) is 8.28. The molecule has 2 aliphatic rings. The predicted molar refractivity (Wildman–Crippen MR) is 81.1 cm³/mol. The Hall–Kier alpha value is -0.610. The number of epoxide rings is 1. The van der Waals surface area contributed by atoms with Crippen molar-refractivity contribution in [2.75, 3.05) is 19.8 Å². The van der Waals surface area contributed by atoms with Crippen LogP contribution in [0, 0.1) is 11.3 Å². The first-order valence-corrected chi connectivity index (χ1v) is 8.28. The van der Waals surface area contributed by atoms with Gasteiger partial charge >= 0.3 is 5.97 Å². The van der Waals surface area contributed by atoms with E-state index in [9.17, 15) is 4.79 Å². The Morgan fingerprint density at radius 1 is 1.24 bits per heavy atom. The van der Waals surface area contributed by atoms with Crippen LogP contribution in [0.1, 0.15) is 59.8 Å². The molecule has 1 heterocycles. The van der Waals surface area contributed by atoms with Crippen LogP contribution >= 0.6 is 0 Å². The van der Waals surface area contributed by atoms with E-state index in [1.54, 1.807) is 0 Å². The standard InChI is InChI=1S/C17H30O4/c1-13(2)12-19-9-5-6-10-20-15(18)16(3)7-8-17(4)14(11-16)21-17/h13-14H,5-12H2,1-4H3. The second kappa shape index (κ2) is 6.66. The highest BCUT2D eigenvalue weighted by Gasteiger charge is 2.60. The van der Waals surface area contributed by atoms with Gasteiger partial charge < -0.3 is 14.2 Å². The molecule has 1 saturated heterocycles. The third-order valence-electron chi connectivity index (χ3n) is 4.70. The Labute approximate surface area is 128 Å². The van der Waals surface area contributed by atoms with Gasteiger partial charge in [-0.05, 0) is 51.9 Å². The largest absolute Gasteiger partial charge is 0.465 e. The van der Waals surface area contributed by atoms with Gasteiger partial charge in [0.25, 0.3) is 0 Å². The van der Waals surface area contributed by atoms with Crippen molar-refractivity contribution in [1.82, 2.24) is 0 Å².